The molecule has 2 aromatic rings. The van der Waals surface area contributed by atoms with E-state index in [2.05, 4.69) is 17.1 Å². The van der Waals surface area contributed by atoms with Gasteiger partial charge in [0.25, 0.3) is 0 Å². The number of hydrogen-bond acceptors (Lipinski definition) is 3. The van der Waals surface area contributed by atoms with Crippen LogP contribution in [0.25, 0.3) is 10.9 Å². The van der Waals surface area contributed by atoms with Crippen LogP contribution in [0.5, 0.6) is 0 Å². The Morgan fingerprint density at radius 1 is 1.28 bits per heavy atom. The maximum Gasteiger partial charge on any atom is 0.0704 e. The van der Waals surface area contributed by atoms with E-state index in [1.807, 2.05) is 31.3 Å². The average Bonchev–Trinajstić information content (AvgIpc) is 2.39. The van der Waals surface area contributed by atoms with Crippen LogP contribution in [0.15, 0.2) is 36.5 Å². The van der Waals surface area contributed by atoms with Gasteiger partial charge in [-0.05, 0) is 37.5 Å². The van der Waals surface area contributed by atoms with E-state index >= 15 is 0 Å². The van der Waals surface area contributed by atoms with E-state index in [9.17, 15) is 0 Å². The molecule has 2 N–H and O–H groups in total. The van der Waals surface area contributed by atoms with Crippen molar-refractivity contribution in [1.29, 1.82) is 0 Å². The molecular weight excluding hydrogens is 224 g/mol. The second-order valence-electron chi connectivity index (χ2n) is 4.73. The minimum atomic E-state index is 0.116. The molecule has 0 aliphatic heterocycles. The smallest absolute Gasteiger partial charge is 0.0704 e. The second-order valence-corrected chi connectivity index (χ2v) is 4.73. The maximum atomic E-state index is 6.17. The highest BCUT2D eigenvalue weighted by Gasteiger charge is 2.11. The fourth-order valence-corrected chi connectivity index (χ4v) is 2.22. The lowest BCUT2D eigenvalue weighted by Crippen LogP contribution is -2.28. The average molecular weight is 244 g/mol. The zero-order valence-electron chi connectivity index (χ0n) is 11.0. The summed E-state index contributed by atoms with van der Waals surface area (Å²) in [6.07, 6.45) is 3.78. The van der Waals surface area contributed by atoms with E-state index in [1.54, 1.807) is 7.11 Å². The van der Waals surface area contributed by atoms with Crippen LogP contribution in [0, 0.1) is 0 Å². The van der Waals surface area contributed by atoms with E-state index in [4.69, 9.17) is 10.5 Å². The highest BCUT2D eigenvalue weighted by Crippen LogP contribution is 2.18. The van der Waals surface area contributed by atoms with E-state index in [0.717, 1.165) is 18.4 Å². The van der Waals surface area contributed by atoms with E-state index in [1.165, 1.54) is 10.9 Å². The van der Waals surface area contributed by atoms with E-state index in [-0.39, 0.29) is 12.1 Å². The summed E-state index contributed by atoms with van der Waals surface area (Å²) in [5, 5.41) is 1.19. The monoisotopic (exact) mass is 244 g/mol. The number of nitrogens with zero attached hydrogens (tertiary/aromatic N) is 1. The number of rotatable bonds is 5. The lowest BCUT2D eigenvalue weighted by Gasteiger charge is -2.17. The second kappa shape index (κ2) is 5.94. The number of para-hydroxylation sites is 1. The van der Waals surface area contributed by atoms with Crippen molar-refractivity contribution in [3.05, 3.63) is 42.1 Å². The van der Waals surface area contributed by atoms with Gasteiger partial charge in [0.1, 0.15) is 0 Å². The van der Waals surface area contributed by atoms with Gasteiger partial charge in [-0.2, -0.15) is 0 Å². The van der Waals surface area contributed by atoms with Gasteiger partial charge in [0, 0.05) is 24.7 Å². The van der Waals surface area contributed by atoms with Crippen molar-refractivity contribution in [3.63, 3.8) is 0 Å². The largest absolute Gasteiger partial charge is 0.382 e. The number of benzene rings is 1. The van der Waals surface area contributed by atoms with E-state index < -0.39 is 0 Å². The molecule has 1 heterocycles. The first-order chi connectivity index (χ1) is 8.70. The number of ether oxygens (including phenoxy) is 1. The van der Waals surface area contributed by atoms with Crippen molar-refractivity contribution in [2.75, 3.05) is 7.11 Å². The summed E-state index contributed by atoms with van der Waals surface area (Å²) in [5.74, 6) is 0. The number of hydrogen-bond donors (Lipinski definition) is 1. The zero-order chi connectivity index (χ0) is 13.0. The lowest BCUT2D eigenvalue weighted by molar-refractivity contribution is 0.104. The van der Waals surface area contributed by atoms with Crippen molar-refractivity contribution in [2.45, 2.75) is 31.9 Å². The molecule has 0 radical (unpaired) electrons. The molecule has 0 aliphatic carbocycles. The molecule has 0 aliphatic rings. The molecule has 0 bridgehead atoms. The van der Waals surface area contributed by atoms with Gasteiger partial charge in [-0.1, -0.05) is 18.2 Å². The molecule has 1 aromatic carbocycles. The Hall–Kier alpha value is -1.45. The van der Waals surface area contributed by atoms with Crippen LogP contribution in [-0.2, 0) is 11.2 Å². The SMILES string of the molecule is COC(C)CC(N)Cc1ccnc2ccccc12. The summed E-state index contributed by atoms with van der Waals surface area (Å²) in [4.78, 5) is 4.36. The van der Waals surface area contributed by atoms with Gasteiger partial charge in [-0.3, -0.25) is 4.98 Å². The van der Waals surface area contributed by atoms with Gasteiger partial charge in [0.05, 0.1) is 11.6 Å². The van der Waals surface area contributed by atoms with Crippen molar-refractivity contribution in [3.8, 4) is 0 Å². The fraction of sp³-hybridized carbons (Fsp3) is 0.400. The van der Waals surface area contributed by atoms with Crippen molar-refractivity contribution in [2.24, 2.45) is 5.73 Å². The van der Waals surface area contributed by atoms with Crippen LogP contribution in [0.2, 0.25) is 0 Å². The summed E-state index contributed by atoms with van der Waals surface area (Å²) in [6, 6.07) is 10.3. The predicted octanol–water partition coefficient (Wildman–Crippen LogP) is 2.53. The van der Waals surface area contributed by atoms with Crippen LogP contribution >= 0.6 is 0 Å². The van der Waals surface area contributed by atoms with Crippen molar-refractivity contribution < 1.29 is 4.74 Å². The van der Waals surface area contributed by atoms with Gasteiger partial charge in [0.2, 0.25) is 0 Å². The maximum absolute atomic E-state index is 6.17. The van der Waals surface area contributed by atoms with Gasteiger partial charge in [0.15, 0.2) is 0 Å². The zero-order valence-corrected chi connectivity index (χ0v) is 11.0. The first-order valence-corrected chi connectivity index (χ1v) is 6.31. The van der Waals surface area contributed by atoms with E-state index in [0.29, 0.717) is 0 Å². The summed E-state index contributed by atoms with van der Waals surface area (Å²) >= 11 is 0. The van der Waals surface area contributed by atoms with Crippen LogP contribution in [0.4, 0.5) is 0 Å². The first-order valence-electron chi connectivity index (χ1n) is 6.31. The highest BCUT2D eigenvalue weighted by molar-refractivity contribution is 5.81. The molecule has 0 amide bonds. The van der Waals surface area contributed by atoms with Crippen LogP contribution < -0.4 is 5.73 Å². The molecule has 0 saturated heterocycles. The lowest BCUT2D eigenvalue weighted by atomic mass is 9.99. The minimum Gasteiger partial charge on any atom is -0.382 e. The highest BCUT2D eigenvalue weighted by atomic mass is 16.5. The molecule has 3 heteroatoms. The summed E-state index contributed by atoms with van der Waals surface area (Å²) in [6.45, 7) is 2.05. The summed E-state index contributed by atoms with van der Waals surface area (Å²) in [5.41, 5.74) is 8.46. The fourth-order valence-electron chi connectivity index (χ4n) is 2.22. The van der Waals surface area contributed by atoms with Crippen LogP contribution in [0.1, 0.15) is 18.9 Å². The normalized spacial score (nSPS) is 14.6. The Labute approximate surface area is 108 Å². The molecule has 2 rings (SSSR count). The molecule has 96 valence electrons. The van der Waals surface area contributed by atoms with Crippen LogP contribution in [-0.4, -0.2) is 24.2 Å². The minimum absolute atomic E-state index is 0.116. The van der Waals surface area contributed by atoms with Crippen molar-refractivity contribution in [1.82, 2.24) is 4.98 Å². The quantitative estimate of drug-likeness (QED) is 0.879. The standard InChI is InChI=1S/C15H20N2O/c1-11(18-2)9-13(16)10-12-7-8-17-15-6-4-3-5-14(12)15/h3-8,11,13H,9-10,16H2,1-2H3. The number of aromatic nitrogens is 1. The van der Waals surface area contributed by atoms with Gasteiger partial charge in [-0.15, -0.1) is 0 Å². The van der Waals surface area contributed by atoms with Gasteiger partial charge in [-0.25, -0.2) is 0 Å². The number of methoxy groups -OCH3 is 1. The molecule has 0 fully saturated rings. The Kier molecular flexibility index (Phi) is 4.28. The van der Waals surface area contributed by atoms with Crippen LogP contribution in [0.3, 0.4) is 0 Å². The third kappa shape index (κ3) is 3.06. The molecule has 0 saturated carbocycles. The Morgan fingerprint density at radius 3 is 2.83 bits per heavy atom. The first kappa shape index (κ1) is 13.0. The topological polar surface area (TPSA) is 48.1 Å². The molecule has 3 nitrogen and oxygen atoms in total. The predicted molar refractivity (Wildman–Crippen MR) is 74.5 cm³/mol. The molecule has 18 heavy (non-hydrogen) atoms. The van der Waals surface area contributed by atoms with Gasteiger partial charge < -0.3 is 10.5 Å². The molecule has 0 spiro atoms. The van der Waals surface area contributed by atoms with Gasteiger partial charge >= 0.3 is 0 Å². The molecule has 2 unspecified atom stereocenters. The number of fused-ring (bicyclic) bond motifs is 1. The number of pyridine rings is 1. The van der Waals surface area contributed by atoms with Crippen molar-refractivity contribution >= 4 is 10.9 Å². The molecule has 1 aromatic heterocycles. The third-order valence-electron chi connectivity index (χ3n) is 3.26. The Bertz CT molecular complexity index is 507. The summed E-state index contributed by atoms with van der Waals surface area (Å²) in [7, 11) is 1.72. The Morgan fingerprint density at radius 2 is 2.06 bits per heavy atom. The molecule has 2 atom stereocenters. The number of nitrogens with two attached hydrogens (primary N) is 1. The molecular formula is C15H20N2O. The summed E-state index contributed by atoms with van der Waals surface area (Å²) < 4.78 is 5.25. The third-order valence-corrected chi connectivity index (χ3v) is 3.26. The Balaban J connectivity index is 2.16.